The Kier molecular flexibility index (Phi) is 4.14. The van der Waals surface area contributed by atoms with Gasteiger partial charge in [0.05, 0.1) is 5.02 Å². The zero-order valence-corrected chi connectivity index (χ0v) is 11.3. The second-order valence-electron chi connectivity index (χ2n) is 4.38. The molecule has 0 heterocycles. The Hall–Kier alpha value is -1.81. The van der Waals surface area contributed by atoms with Gasteiger partial charge in [0.15, 0.2) is 5.78 Å². The van der Waals surface area contributed by atoms with Crippen LogP contribution >= 0.6 is 11.6 Å². The molecule has 0 amide bonds. The summed E-state index contributed by atoms with van der Waals surface area (Å²) in [5, 5.41) is -0.0742. The monoisotopic (exact) mass is 298 g/mol. The van der Waals surface area contributed by atoms with Gasteiger partial charge in [-0.25, -0.2) is 13.2 Å². The number of hydrogen-bond donors (Lipinski definition) is 0. The fourth-order valence-corrected chi connectivity index (χ4v) is 2.08. The van der Waals surface area contributed by atoms with E-state index in [2.05, 4.69) is 0 Å². The van der Waals surface area contributed by atoms with Crippen molar-refractivity contribution in [2.45, 2.75) is 13.3 Å². The summed E-state index contributed by atoms with van der Waals surface area (Å²) in [5.74, 6) is -2.70. The smallest absolute Gasteiger partial charge is 0.168 e. The topological polar surface area (TPSA) is 17.1 Å². The third kappa shape index (κ3) is 2.85. The number of ketones is 1. The predicted octanol–water partition coefficient (Wildman–Crippen LogP) is 4.49. The maximum Gasteiger partial charge on any atom is 0.168 e. The van der Waals surface area contributed by atoms with Gasteiger partial charge in [-0.3, -0.25) is 4.79 Å². The van der Waals surface area contributed by atoms with Gasteiger partial charge in [0.2, 0.25) is 0 Å². The van der Waals surface area contributed by atoms with Crippen molar-refractivity contribution in [3.63, 3.8) is 0 Å². The minimum absolute atomic E-state index is 0.0493. The van der Waals surface area contributed by atoms with Crippen molar-refractivity contribution in [3.8, 4) is 0 Å². The largest absolute Gasteiger partial charge is 0.294 e. The fraction of sp³-hybridized carbons (Fsp3) is 0.133. The van der Waals surface area contributed by atoms with Crippen LogP contribution in [0.1, 0.15) is 21.5 Å². The van der Waals surface area contributed by atoms with E-state index in [-0.39, 0.29) is 21.7 Å². The van der Waals surface area contributed by atoms with Crippen LogP contribution in [0.5, 0.6) is 0 Å². The Bertz CT molecular complexity index is 663. The number of carbonyl (C=O) groups is 1. The number of halogens is 4. The van der Waals surface area contributed by atoms with E-state index >= 15 is 0 Å². The van der Waals surface area contributed by atoms with E-state index in [4.69, 9.17) is 11.6 Å². The van der Waals surface area contributed by atoms with Crippen molar-refractivity contribution in [1.82, 2.24) is 0 Å². The van der Waals surface area contributed by atoms with Crippen molar-refractivity contribution in [2.75, 3.05) is 0 Å². The van der Waals surface area contributed by atoms with Crippen molar-refractivity contribution >= 4 is 17.4 Å². The van der Waals surface area contributed by atoms with Gasteiger partial charge in [-0.2, -0.15) is 0 Å². The van der Waals surface area contributed by atoms with Gasteiger partial charge in [0.25, 0.3) is 0 Å². The van der Waals surface area contributed by atoms with Gasteiger partial charge < -0.3 is 0 Å². The third-order valence-electron chi connectivity index (χ3n) is 2.95. The van der Waals surface area contributed by atoms with Gasteiger partial charge in [0, 0.05) is 17.5 Å². The van der Waals surface area contributed by atoms with Crippen molar-refractivity contribution in [1.29, 1.82) is 0 Å². The highest BCUT2D eigenvalue weighted by Crippen LogP contribution is 2.23. The van der Waals surface area contributed by atoms with E-state index in [0.717, 1.165) is 18.2 Å². The first-order valence-electron chi connectivity index (χ1n) is 5.82. The zero-order chi connectivity index (χ0) is 14.9. The molecule has 5 heteroatoms. The highest BCUT2D eigenvalue weighted by molar-refractivity contribution is 6.34. The lowest BCUT2D eigenvalue weighted by molar-refractivity contribution is 0.0990. The first-order valence-corrected chi connectivity index (χ1v) is 6.19. The zero-order valence-electron chi connectivity index (χ0n) is 10.5. The maximum absolute atomic E-state index is 13.5. The predicted molar refractivity (Wildman–Crippen MR) is 70.5 cm³/mol. The van der Waals surface area contributed by atoms with Crippen LogP contribution in [0.4, 0.5) is 13.2 Å². The molecule has 0 saturated heterocycles. The Labute approximate surface area is 119 Å². The quantitative estimate of drug-likeness (QED) is 0.763. The molecular weight excluding hydrogens is 289 g/mol. The molecule has 2 aromatic carbocycles. The molecule has 1 nitrogen and oxygen atoms in total. The molecule has 2 rings (SSSR count). The highest BCUT2D eigenvalue weighted by Gasteiger charge is 2.18. The number of hydrogen-bond acceptors (Lipinski definition) is 1. The third-order valence-corrected chi connectivity index (χ3v) is 3.26. The molecule has 0 aliphatic carbocycles. The summed E-state index contributed by atoms with van der Waals surface area (Å²) in [6.07, 6.45) is -0.469. The Morgan fingerprint density at radius 3 is 2.30 bits per heavy atom. The number of benzene rings is 2. The van der Waals surface area contributed by atoms with E-state index in [1.54, 1.807) is 0 Å². The molecule has 0 bridgehead atoms. The first kappa shape index (κ1) is 14.6. The van der Waals surface area contributed by atoms with Crippen LogP contribution in [0.15, 0.2) is 30.3 Å². The normalized spacial score (nSPS) is 10.7. The van der Waals surface area contributed by atoms with Gasteiger partial charge in [0.1, 0.15) is 17.5 Å². The number of Topliss-reactive ketones (excluding diaryl/α,β-unsaturated/α-hetero) is 1. The molecule has 0 saturated carbocycles. The average molecular weight is 299 g/mol. The minimum Gasteiger partial charge on any atom is -0.294 e. The van der Waals surface area contributed by atoms with E-state index in [0.29, 0.717) is 0 Å². The van der Waals surface area contributed by atoms with Crippen molar-refractivity contribution in [2.24, 2.45) is 0 Å². The van der Waals surface area contributed by atoms with Crippen LogP contribution < -0.4 is 0 Å². The van der Waals surface area contributed by atoms with E-state index in [1.165, 1.54) is 19.1 Å². The van der Waals surface area contributed by atoms with Gasteiger partial charge in [-0.05, 0) is 36.8 Å². The molecule has 0 spiro atoms. The highest BCUT2D eigenvalue weighted by atomic mass is 35.5. The lowest BCUT2D eigenvalue weighted by Gasteiger charge is -2.07. The minimum atomic E-state index is -0.798. The van der Waals surface area contributed by atoms with E-state index < -0.39 is 29.7 Å². The van der Waals surface area contributed by atoms with E-state index in [9.17, 15) is 18.0 Å². The molecule has 0 atom stereocenters. The molecule has 0 N–H and O–H groups in total. The van der Waals surface area contributed by atoms with Crippen molar-refractivity contribution < 1.29 is 18.0 Å². The molecule has 0 fully saturated rings. The molecular formula is C15H10ClF3O. The van der Waals surface area contributed by atoms with Gasteiger partial charge in [-0.15, -0.1) is 0 Å². The van der Waals surface area contributed by atoms with Crippen LogP contribution in [0.25, 0.3) is 0 Å². The Balaban J connectivity index is 2.36. The summed E-state index contributed by atoms with van der Waals surface area (Å²) in [5.41, 5.74) is -0.0319. The lowest BCUT2D eigenvalue weighted by Crippen LogP contribution is -2.08. The molecule has 0 aromatic heterocycles. The second-order valence-corrected chi connectivity index (χ2v) is 4.79. The number of aryl methyl sites for hydroxylation is 1. The summed E-state index contributed by atoms with van der Waals surface area (Å²) >= 11 is 5.79. The van der Waals surface area contributed by atoms with Crippen LogP contribution in [-0.4, -0.2) is 5.78 Å². The molecule has 0 radical (unpaired) electrons. The second kappa shape index (κ2) is 5.67. The van der Waals surface area contributed by atoms with E-state index in [1.807, 2.05) is 0 Å². The molecule has 0 unspecified atom stereocenters. The molecule has 104 valence electrons. The fourth-order valence-electron chi connectivity index (χ4n) is 1.83. The number of rotatable bonds is 3. The van der Waals surface area contributed by atoms with Crippen LogP contribution in [0.2, 0.25) is 5.02 Å². The summed E-state index contributed by atoms with van der Waals surface area (Å²) in [6.45, 7) is 1.48. The van der Waals surface area contributed by atoms with Crippen LogP contribution in [0, 0.1) is 24.4 Å². The lowest BCUT2D eigenvalue weighted by atomic mass is 10.0. The molecule has 0 aliphatic rings. The summed E-state index contributed by atoms with van der Waals surface area (Å²) in [6, 6.07) is 5.65. The summed E-state index contributed by atoms with van der Waals surface area (Å²) in [7, 11) is 0. The summed E-state index contributed by atoms with van der Waals surface area (Å²) in [4.78, 5) is 12.1. The molecule has 2 aromatic rings. The standard InChI is InChI=1S/C15H10ClF3O/c1-8-5-9(11(16)7-14(8)19)15(20)6-10-12(17)3-2-4-13(10)18/h2-5,7H,6H2,1H3. The maximum atomic E-state index is 13.5. The SMILES string of the molecule is Cc1cc(C(=O)Cc2c(F)cccc2F)c(Cl)cc1F. The molecule has 0 aliphatic heterocycles. The van der Waals surface area contributed by atoms with Gasteiger partial charge >= 0.3 is 0 Å². The number of carbonyl (C=O) groups excluding carboxylic acids is 1. The Morgan fingerprint density at radius 1 is 1.10 bits per heavy atom. The van der Waals surface area contributed by atoms with Crippen molar-refractivity contribution in [3.05, 3.63) is 69.5 Å². The Morgan fingerprint density at radius 2 is 1.70 bits per heavy atom. The summed E-state index contributed by atoms with van der Waals surface area (Å²) < 4.78 is 40.2. The average Bonchev–Trinajstić information content (AvgIpc) is 2.38. The van der Waals surface area contributed by atoms with Crippen LogP contribution in [0.3, 0.4) is 0 Å². The molecule has 20 heavy (non-hydrogen) atoms. The van der Waals surface area contributed by atoms with Crippen LogP contribution in [-0.2, 0) is 6.42 Å². The first-order chi connectivity index (χ1) is 9.40. The van der Waals surface area contributed by atoms with Gasteiger partial charge in [-0.1, -0.05) is 17.7 Å².